The summed E-state index contributed by atoms with van der Waals surface area (Å²) in [7, 11) is 0. The molecular formula is C17H34IN7. The van der Waals surface area contributed by atoms with Gasteiger partial charge in [-0.05, 0) is 32.2 Å². The third-order valence-corrected chi connectivity index (χ3v) is 4.43. The summed E-state index contributed by atoms with van der Waals surface area (Å²) in [6, 6.07) is 0. The number of hydrogen-bond donors (Lipinski definition) is 2. The van der Waals surface area contributed by atoms with Gasteiger partial charge < -0.3 is 20.1 Å². The van der Waals surface area contributed by atoms with E-state index in [2.05, 4.69) is 51.1 Å². The molecule has 2 rings (SSSR count). The molecule has 1 saturated heterocycles. The van der Waals surface area contributed by atoms with Crippen LogP contribution in [-0.2, 0) is 13.0 Å². The highest BCUT2D eigenvalue weighted by atomic mass is 127. The molecule has 2 N–H and O–H groups in total. The number of rotatable bonds is 8. The lowest BCUT2D eigenvalue weighted by atomic mass is 10.0. The second-order valence-corrected chi connectivity index (χ2v) is 6.53. The molecule has 1 fully saturated rings. The summed E-state index contributed by atoms with van der Waals surface area (Å²) in [5.41, 5.74) is 0. The maximum Gasteiger partial charge on any atom is 0.191 e. The number of nitrogens with one attached hydrogen (secondary N) is 2. The quantitative estimate of drug-likeness (QED) is 0.349. The lowest BCUT2D eigenvalue weighted by Crippen LogP contribution is -2.40. The van der Waals surface area contributed by atoms with E-state index in [1.165, 1.54) is 25.9 Å². The van der Waals surface area contributed by atoms with Gasteiger partial charge in [0.25, 0.3) is 0 Å². The van der Waals surface area contributed by atoms with Crippen molar-refractivity contribution in [2.45, 2.75) is 46.6 Å². The highest BCUT2D eigenvalue weighted by Gasteiger charge is 2.15. The number of halogens is 1. The summed E-state index contributed by atoms with van der Waals surface area (Å²) >= 11 is 0. The van der Waals surface area contributed by atoms with Gasteiger partial charge in [0.15, 0.2) is 5.96 Å². The van der Waals surface area contributed by atoms with Crippen molar-refractivity contribution in [2.24, 2.45) is 10.9 Å². The van der Waals surface area contributed by atoms with Crippen molar-refractivity contribution in [1.82, 2.24) is 30.3 Å². The molecule has 1 aliphatic rings. The Morgan fingerprint density at radius 3 is 2.88 bits per heavy atom. The minimum absolute atomic E-state index is 0. The Labute approximate surface area is 169 Å². The normalized spacial score (nSPS) is 18.7. The Morgan fingerprint density at radius 1 is 1.32 bits per heavy atom. The van der Waals surface area contributed by atoms with E-state index >= 15 is 0 Å². The number of guanidine groups is 1. The minimum atomic E-state index is 0. The summed E-state index contributed by atoms with van der Waals surface area (Å²) in [5, 5.41) is 14.8. The lowest BCUT2D eigenvalue weighted by molar-refractivity contribution is 0.189. The van der Waals surface area contributed by atoms with E-state index in [4.69, 9.17) is 4.99 Å². The van der Waals surface area contributed by atoms with Gasteiger partial charge in [0.05, 0.1) is 6.54 Å². The van der Waals surface area contributed by atoms with Crippen LogP contribution in [0.3, 0.4) is 0 Å². The second kappa shape index (κ2) is 12.5. The van der Waals surface area contributed by atoms with Gasteiger partial charge in [-0.1, -0.05) is 13.8 Å². The fourth-order valence-corrected chi connectivity index (χ4v) is 3.17. The molecule has 0 radical (unpaired) electrons. The fraction of sp³-hybridized carbons (Fsp3) is 0.824. The first kappa shape index (κ1) is 22.1. The second-order valence-electron chi connectivity index (χ2n) is 6.53. The van der Waals surface area contributed by atoms with Crippen molar-refractivity contribution < 1.29 is 0 Å². The van der Waals surface area contributed by atoms with Crippen molar-refractivity contribution in [2.75, 3.05) is 39.3 Å². The third kappa shape index (κ3) is 7.89. The van der Waals surface area contributed by atoms with Crippen LogP contribution in [-0.4, -0.2) is 64.9 Å². The van der Waals surface area contributed by atoms with Gasteiger partial charge in [-0.3, -0.25) is 4.99 Å². The average Bonchev–Trinajstić information content (AvgIpc) is 3.02. The lowest BCUT2D eigenvalue weighted by Gasteiger charge is -2.30. The molecule has 144 valence electrons. The molecule has 1 unspecified atom stereocenters. The number of hydrogen-bond acceptors (Lipinski definition) is 4. The molecule has 8 heteroatoms. The fourth-order valence-electron chi connectivity index (χ4n) is 3.17. The van der Waals surface area contributed by atoms with E-state index in [1.807, 2.05) is 0 Å². The van der Waals surface area contributed by atoms with E-state index < -0.39 is 0 Å². The van der Waals surface area contributed by atoms with Crippen LogP contribution >= 0.6 is 24.0 Å². The summed E-state index contributed by atoms with van der Waals surface area (Å²) in [4.78, 5) is 7.24. The Bertz CT molecular complexity index is 503. The topological polar surface area (TPSA) is 70.4 Å². The van der Waals surface area contributed by atoms with Gasteiger partial charge in [-0.2, -0.15) is 0 Å². The molecule has 2 heterocycles. The number of aromatic nitrogens is 3. The van der Waals surface area contributed by atoms with Crippen LogP contribution in [0, 0.1) is 5.92 Å². The Balaban J connectivity index is 0.00000312. The van der Waals surface area contributed by atoms with Gasteiger partial charge in [-0.15, -0.1) is 34.2 Å². The van der Waals surface area contributed by atoms with Crippen LogP contribution in [0.2, 0.25) is 0 Å². The summed E-state index contributed by atoms with van der Waals surface area (Å²) in [5.74, 6) is 2.75. The molecule has 7 nitrogen and oxygen atoms in total. The molecule has 0 aliphatic carbocycles. The smallest absolute Gasteiger partial charge is 0.191 e. The molecule has 1 atom stereocenters. The van der Waals surface area contributed by atoms with E-state index in [-0.39, 0.29) is 24.0 Å². The van der Waals surface area contributed by atoms with Crippen LogP contribution in [0.1, 0.15) is 39.4 Å². The number of nitrogens with zero attached hydrogens (tertiary/aromatic N) is 5. The van der Waals surface area contributed by atoms with E-state index in [0.717, 1.165) is 56.8 Å². The van der Waals surface area contributed by atoms with Crippen molar-refractivity contribution >= 4 is 29.9 Å². The highest BCUT2D eigenvalue weighted by Crippen LogP contribution is 2.14. The number of aliphatic imine (C=N–C) groups is 1. The van der Waals surface area contributed by atoms with Crippen molar-refractivity contribution in [1.29, 1.82) is 0 Å². The molecular weight excluding hydrogens is 429 g/mol. The van der Waals surface area contributed by atoms with Crippen LogP contribution in [0.25, 0.3) is 0 Å². The van der Waals surface area contributed by atoms with Crippen molar-refractivity contribution in [3.8, 4) is 0 Å². The first-order chi connectivity index (χ1) is 11.7. The number of likely N-dealkylation sites (tertiary alicyclic amines) is 1. The first-order valence-electron chi connectivity index (χ1n) is 9.34. The monoisotopic (exact) mass is 463 g/mol. The van der Waals surface area contributed by atoms with Gasteiger partial charge in [0, 0.05) is 39.1 Å². The predicted octanol–water partition coefficient (Wildman–Crippen LogP) is 1.75. The summed E-state index contributed by atoms with van der Waals surface area (Å²) in [6.07, 6.45) is 5.39. The largest absolute Gasteiger partial charge is 0.357 e. The molecule has 0 saturated carbocycles. The standard InChI is InChI=1S/C17H33N7.HI/c1-4-16-22-21-14-24(16)12-9-20-17(18-5-2)19-8-11-23-10-6-7-15(3)13-23;/h14-15H,4-13H2,1-3H3,(H2,18,19,20);1H. The van der Waals surface area contributed by atoms with Crippen molar-refractivity contribution in [3.63, 3.8) is 0 Å². The third-order valence-electron chi connectivity index (χ3n) is 4.43. The zero-order valence-corrected chi connectivity index (χ0v) is 18.2. The summed E-state index contributed by atoms with van der Waals surface area (Å²) in [6.45, 7) is 13.4. The van der Waals surface area contributed by atoms with E-state index in [0.29, 0.717) is 0 Å². The molecule has 0 bridgehead atoms. The number of aryl methyl sites for hydroxylation is 1. The van der Waals surface area contributed by atoms with Crippen LogP contribution in [0.4, 0.5) is 0 Å². The maximum absolute atomic E-state index is 4.71. The molecule has 0 spiro atoms. The molecule has 1 aromatic heterocycles. The zero-order valence-electron chi connectivity index (χ0n) is 15.9. The van der Waals surface area contributed by atoms with Gasteiger partial charge in [-0.25, -0.2) is 0 Å². The maximum atomic E-state index is 4.71. The Morgan fingerprint density at radius 2 is 2.16 bits per heavy atom. The van der Waals surface area contributed by atoms with Gasteiger partial charge in [0.2, 0.25) is 0 Å². The van der Waals surface area contributed by atoms with Crippen LogP contribution < -0.4 is 10.6 Å². The zero-order chi connectivity index (χ0) is 17.2. The van der Waals surface area contributed by atoms with E-state index in [9.17, 15) is 0 Å². The van der Waals surface area contributed by atoms with Crippen LogP contribution in [0.5, 0.6) is 0 Å². The van der Waals surface area contributed by atoms with E-state index in [1.54, 1.807) is 6.33 Å². The highest BCUT2D eigenvalue weighted by molar-refractivity contribution is 14.0. The summed E-state index contributed by atoms with van der Waals surface area (Å²) < 4.78 is 2.09. The van der Waals surface area contributed by atoms with Gasteiger partial charge in [0.1, 0.15) is 12.2 Å². The molecule has 1 aliphatic heterocycles. The van der Waals surface area contributed by atoms with Gasteiger partial charge >= 0.3 is 0 Å². The van der Waals surface area contributed by atoms with Crippen molar-refractivity contribution in [3.05, 3.63) is 12.2 Å². The predicted molar refractivity (Wildman–Crippen MR) is 114 cm³/mol. The molecule has 1 aromatic rings. The van der Waals surface area contributed by atoms with Crippen LogP contribution in [0.15, 0.2) is 11.3 Å². The average molecular weight is 463 g/mol. The minimum Gasteiger partial charge on any atom is -0.357 e. The molecule has 0 aromatic carbocycles. The Hall–Kier alpha value is -0.900. The number of piperidine rings is 1. The molecule has 25 heavy (non-hydrogen) atoms. The molecule has 0 amide bonds. The first-order valence-corrected chi connectivity index (χ1v) is 9.34. The Kier molecular flexibility index (Phi) is 11.0. The SMILES string of the molecule is CCNC(=NCCN1CCCC(C)C1)NCCn1cnnc1CC.I.